The van der Waals surface area contributed by atoms with Crippen molar-refractivity contribution in [1.29, 1.82) is 0 Å². The highest BCUT2D eigenvalue weighted by atomic mass is 32.1. The average molecular weight is 388 g/mol. The van der Waals surface area contributed by atoms with Crippen LogP contribution in [-0.4, -0.2) is 69.6 Å². The molecule has 2 aliphatic rings. The lowest BCUT2D eigenvalue weighted by Crippen LogP contribution is -2.49. The van der Waals surface area contributed by atoms with E-state index in [1.54, 1.807) is 0 Å². The fourth-order valence-corrected chi connectivity index (χ4v) is 4.31. The molecular weight excluding hydrogens is 362 g/mol. The number of aromatic nitrogens is 4. The van der Waals surface area contributed by atoms with E-state index in [0.717, 1.165) is 56.5 Å². The predicted molar refractivity (Wildman–Crippen MR) is 105 cm³/mol. The summed E-state index contributed by atoms with van der Waals surface area (Å²) < 4.78 is 3.98. The molecule has 1 amide bonds. The van der Waals surface area contributed by atoms with Crippen LogP contribution in [0.2, 0.25) is 0 Å². The Kier molecular flexibility index (Phi) is 5.47. The van der Waals surface area contributed by atoms with Gasteiger partial charge in [0.2, 0.25) is 5.95 Å². The minimum absolute atomic E-state index is 0.0635. The van der Waals surface area contributed by atoms with Gasteiger partial charge in [0, 0.05) is 45.5 Å². The molecule has 0 saturated carbocycles. The second kappa shape index (κ2) is 8.16. The summed E-state index contributed by atoms with van der Waals surface area (Å²) in [7, 11) is 0. The van der Waals surface area contributed by atoms with Crippen LogP contribution in [-0.2, 0) is 6.42 Å². The summed E-state index contributed by atoms with van der Waals surface area (Å²) in [6, 6.07) is 1.96. The van der Waals surface area contributed by atoms with Crippen LogP contribution >= 0.6 is 11.5 Å². The van der Waals surface area contributed by atoms with E-state index in [-0.39, 0.29) is 5.91 Å². The monoisotopic (exact) mass is 387 g/mol. The zero-order valence-corrected chi connectivity index (χ0v) is 16.5. The van der Waals surface area contributed by atoms with E-state index in [1.165, 1.54) is 24.4 Å². The molecule has 0 aliphatic carbocycles. The molecule has 0 aromatic carbocycles. The van der Waals surface area contributed by atoms with Gasteiger partial charge in [-0.3, -0.25) is 4.79 Å². The maximum Gasteiger partial charge on any atom is 0.267 e. The molecule has 2 aromatic heterocycles. The van der Waals surface area contributed by atoms with Crippen LogP contribution in [0.1, 0.15) is 41.6 Å². The van der Waals surface area contributed by atoms with E-state index in [4.69, 9.17) is 4.98 Å². The number of nitrogens with zero attached hydrogens (tertiary/aromatic N) is 7. The lowest BCUT2D eigenvalue weighted by molar-refractivity contribution is 0.0750. The van der Waals surface area contributed by atoms with Gasteiger partial charge < -0.3 is 14.7 Å². The number of anilines is 2. The first-order chi connectivity index (χ1) is 13.3. The Morgan fingerprint density at radius 1 is 1.11 bits per heavy atom. The first-order valence-electron chi connectivity index (χ1n) is 9.69. The molecule has 27 heavy (non-hydrogen) atoms. The maximum absolute atomic E-state index is 12.8. The Morgan fingerprint density at radius 2 is 1.89 bits per heavy atom. The van der Waals surface area contributed by atoms with Crippen LogP contribution in [0.4, 0.5) is 11.8 Å². The fourth-order valence-electron chi connectivity index (χ4n) is 3.64. The summed E-state index contributed by atoms with van der Waals surface area (Å²) in [5.41, 5.74) is 0.834. The molecule has 2 aromatic rings. The number of aryl methyl sites for hydroxylation is 1. The fraction of sp³-hybridized carbons (Fsp3) is 0.611. The number of carbonyl (C=O) groups excluding carboxylic acids is 1. The summed E-state index contributed by atoms with van der Waals surface area (Å²) in [5.74, 6) is 1.84. The standard InChI is InChI=1S/C18H25N7OS/c1-2-5-14-16(27-22-21-14)17(26)24-12-10-23(11-13-24)15-6-7-19-18(20-15)25-8-3-4-9-25/h6-7H,2-5,8-13H2,1H3. The van der Waals surface area contributed by atoms with Crippen molar-refractivity contribution in [3.05, 3.63) is 22.8 Å². The van der Waals surface area contributed by atoms with Crippen molar-refractivity contribution >= 4 is 29.2 Å². The zero-order chi connectivity index (χ0) is 18.6. The molecule has 9 heteroatoms. The van der Waals surface area contributed by atoms with E-state index in [0.29, 0.717) is 18.0 Å². The van der Waals surface area contributed by atoms with Crippen LogP contribution in [0.25, 0.3) is 0 Å². The number of rotatable bonds is 5. The van der Waals surface area contributed by atoms with Gasteiger partial charge in [-0.15, -0.1) is 5.10 Å². The highest BCUT2D eigenvalue weighted by Crippen LogP contribution is 2.21. The minimum Gasteiger partial charge on any atom is -0.353 e. The number of hydrogen-bond donors (Lipinski definition) is 0. The molecular formula is C18H25N7OS. The van der Waals surface area contributed by atoms with Crippen LogP contribution in [0, 0.1) is 0 Å². The van der Waals surface area contributed by atoms with Gasteiger partial charge in [0.15, 0.2) is 0 Å². The second-order valence-electron chi connectivity index (χ2n) is 6.99. The van der Waals surface area contributed by atoms with E-state index in [1.807, 2.05) is 17.2 Å². The lowest BCUT2D eigenvalue weighted by Gasteiger charge is -2.35. The third kappa shape index (κ3) is 3.87. The van der Waals surface area contributed by atoms with E-state index in [9.17, 15) is 4.79 Å². The Labute approximate surface area is 163 Å². The SMILES string of the molecule is CCCc1nnsc1C(=O)N1CCN(c2ccnc(N3CCCC3)n2)CC1. The predicted octanol–water partition coefficient (Wildman–Crippen LogP) is 1.84. The molecule has 0 bridgehead atoms. The Hall–Kier alpha value is -2.29. The first kappa shape index (κ1) is 18.1. The Morgan fingerprint density at radius 3 is 2.63 bits per heavy atom. The smallest absolute Gasteiger partial charge is 0.267 e. The topological polar surface area (TPSA) is 78.4 Å². The maximum atomic E-state index is 12.8. The van der Waals surface area contributed by atoms with Crippen LogP contribution in [0.3, 0.4) is 0 Å². The molecule has 0 atom stereocenters. The van der Waals surface area contributed by atoms with Gasteiger partial charge in [-0.25, -0.2) is 4.98 Å². The summed E-state index contributed by atoms with van der Waals surface area (Å²) >= 11 is 1.21. The highest BCUT2D eigenvalue weighted by Gasteiger charge is 2.26. The minimum atomic E-state index is 0.0635. The average Bonchev–Trinajstić information content (AvgIpc) is 3.40. The van der Waals surface area contributed by atoms with Gasteiger partial charge in [0.25, 0.3) is 5.91 Å². The molecule has 144 valence electrons. The van der Waals surface area contributed by atoms with Gasteiger partial charge in [-0.2, -0.15) is 4.98 Å². The molecule has 0 N–H and O–H groups in total. The van der Waals surface area contributed by atoms with E-state index >= 15 is 0 Å². The van der Waals surface area contributed by atoms with Gasteiger partial charge in [0.1, 0.15) is 10.7 Å². The molecule has 8 nitrogen and oxygen atoms in total. The van der Waals surface area contributed by atoms with Crippen LogP contribution in [0.15, 0.2) is 12.3 Å². The van der Waals surface area contributed by atoms with E-state index in [2.05, 4.69) is 31.3 Å². The second-order valence-corrected chi connectivity index (χ2v) is 7.74. The molecule has 0 spiro atoms. The van der Waals surface area contributed by atoms with Crippen molar-refractivity contribution in [2.24, 2.45) is 0 Å². The molecule has 0 unspecified atom stereocenters. The zero-order valence-electron chi connectivity index (χ0n) is 15.7. The van der Waals surface area contributed by atoms with Crippen molar-refractivity contribution in [2.45, 2.75) is 32.6 Å². The Bertz CT molecular complexity index is 782. The number of amides is 1. The normalized spacial score (nSPS) is 17.6. The summed E-state index contributed by atoms with van der Waals surface area (Å²) in [6.07, 6.45) is 6.03. The van der Waals surface area contributed by atoms with Crippen molar-refractivity contribution < 1.29 is 4.79 Å². The van der Waals surface area contributed by atoms with E-state index < -0.39 is 0 Å². The summed E-state index contributed by atoms with van der Waals surface area (Å²) in [6.45, 7) is 7.08. The molecule has 2 saturated heterocycles. The van der Waals surface area contributed by atoms with Gasteiger partial charge in [0.05, 0.1) is 5.69 Å². The summed E-state index contributed by atoms with van der Waals surface area (Å²) in [5, 5.41) is 4.12. The van der Waals surface area contributed by atoms with Crippen molar-refractivity contribution in [3.63, 3.8) is 0 Å². The highest BCUT2D eigenvalue weighted by molar-refractivity contribution is 7.08. The van der Waals surface area contributed by atoms with Crippen molar-refractivity contribution in [2.75, 3.05) is 49.1 Å². The van der Waals surface area contributed by atoms with Crippen LogP contribution < -0.4 is 9.80 Å². The lowest BCUT2D eigenvalue weighted by atomic mass is 10.2. The van der Waals surface area contributed by atoms with Gasteiger partial charge >= 0.3 is 0 Å². The summed E-state index contributed by atoms with van der Waals surface area (Å²) in [4.78, 5) is 29.1. The third-order valence-electron chi connectivity index (χ3n) is 5.14. The Balaban J connectivity index is 1.39. The molecule has 4 heterocycles. The first-order valence-corrected chi connectivity index (χ1v) is 10.5. The van der Waals surface area contributed by atoms with Gasteiger partial charge in [-0.1, -0.05) is 17.8 Å². The number of carbonyl (C=O) groups is 1. The molecule has 2 aliphatic heterocycles. The van der Waals surface area contributed by atoms with Crippen molar-refractivity contribution in [1.82, 2.24) is 24.5 Å². The molecule has 2 fully saturated rings. The third-order valence-corrected chi connectivity index (χ3v) is 5.90. The number of hydrogen-bond acceptors (Lipinski definition) is 8. The largest absolute Gasteiger partial charge is 0.353 e. The van der Waals surface area contributed by atoms with Gasteiger partial charge in [-0.05, 0) is 36.9 Å². The number of piperazine rings is 1. The van der Waals surface area contributed by atoms with Crippen LogP contribution in [0.5, 0.6) is 0 Å². The van der Waals surface area contributed by atoms with Crippen molar-refractivity contribution in [3.8, 4) is 0 Å². The molecule has 4 rings (SSSR count). The quantitative estimate of drug-likeness (QED) is 0.775. The molecule has 0 radical (unpaired) electrons.